The van der Waals surface area contributed by atoms with Gasteiger partial charge in [-0.3, -0.25) is 19.2 Å². The number of carbonyl (C=O) groups excluding carboxylic acids is 4. The number of aliphatic hydroxyl groups excluding tert-OH is 1. The summed E-state index contributed by atoms with van der Waals surface area (Å²) in [4.78, 5) is 53.1. The third-order valence-electron chi connectivity index (χ3n) is 6.95. The average Bonchev–Trinajstić information content (AvgIpc) is 3.21. The maximum absolute atomic E-state index is 13.7. The van der Waals surface area contributed by atoms with E-state index in [0.29, 0.717) is 22.4 Å². The molecule has 1 saturated heterocycles. The summed E-state index contributed by atoms with van der Waals surface area (Å²) < 4.78 is 5.19. The van der Waals surface area contributed by atoms with E-state index < -0.39 is 46.2 Å². The van der Waals surface area contributed by atoms with Gasteiger partial charge in [0.25, 0.3) is 11.8 Å². The predicted octanol–water partition coefficient (Wildman–Crippen LogP) is 2.46. The van der Waals surface area contributed by atoms with E-state index in [9.17, 15) is 24.3 Å². The van der Waals surface area contributed by atoms with E-state index in [1.54, 1.807) is 26.0 Å². The lowest BCUT2D eigenvalue weighted by atomic mass is 9.96. The molecule has 5 N–H and O–H groups in total. The molecule has 42 heavy (non-hydrogen) atoms. The number of carbonyl (C=O) groups is 4. The second-order valence-corrected chi connectivity index (χ2v) is 13.8. The van der Waals surface area contributed by atoms with Gasteiger partial charge in [-0.1, -0.05) is 30.3 Å². The molecular weight excluding hydrogens is 556 g/mol. The van der Waals surface area contributed by atoms with Crippen molar-refractivity contribution in [2.24, 2.45) is 5.73 Å². The van der Waals surface area contributed by atoms with Crippen molar-refractivity contribution in [2.45, 2.75) is 83.4 Å². The highest BCUT2D eigenvalue weighted by atomic mass is 32.2. The minimum Gasteiger partial charge on any atom is -0.483 e. The van der Waals surface area contributed by atoms with Gasteiger partial charge in [0.05, 0.1) is 11.9 Å². The van der Waals surface area contributed by atoms with E-state index >= 15 is 0 Å². The number of hydrogen-bond acceptors (Lipinski definition) is 7. The number of primary amides is 1. The number of aliphatic hydroxyl groups is 1. The summed E-state index contributed by atoms with van der Waals surface area (Å²) in [5.74, 6) is -1.39. The minimum atomic E-state index is -1.62. The first-order valence-electron chi connectivity index (χ1n) is 13.8. The van der Waals surface area contributed by atoms with Gasteiger partial charge in [-0.2, -0.15) is 0 Å². The summed E-state index contributed by atoms with van der Waals surface area (Å²) in [5.41, 5.74) is 7.30. The summed E-state index contributed by atoms with van der Waals surface area (Å²) in [5, 5.41) is 17.1. The number of aryl methyl sites for hydroxylation is 2. The third kappa shape index (κ3) is 8.25. The number of hydrogen-bond donors (Lipinski definition) is 4. The number of rotatable bonds is 10. The number of nitrogens with zero attached hydrogens (tertiary/aromatic N) is 1. The smallest absolute Gasteiger partial charge is 0.258 e. The highest BCUT2D eigenvalue weighted by Gasteiger charge is 2.50. The van der Waals surface area contributed by atoms with Crippen LogP contribution in [0.5, 0.6) is 5.75 Å². The molecule has 10 nitrogen and oxygen atoms in total. The molecule has 0 aliphatic carbocycles. The highest BCUT2D eigenvalue weighted by molar-refractivity contribution is 8.00. The van der Waals surface area contributed by atoms with E-state index in [4.69, 9.17) is 10.5 Å². The zero-order chi connectivity index (χ0) is 31.4. The van der Waals surface area contributed by atoms with Gasteiger partial charge in [0.2, 0.25) is 11.8 Å². The summed E-state index contributed by atoms with van der Waals surface area (Å²) in [6.45, 7) is 12.5. The normalized spacial score (nSPS) is 17.7. The summed E-state index contributed by atoms with van der Waals surface area (Å²) in [7, 11) is 0. The Balaban J connectivity index is 1.80. The number of amides is 4. The van der Waals surface area contributed by atoms with E-state index in [2.05, 4.69) is 10.6 Å². The molecule has 3 rings (SSSR count). The van der Waals surface area contributed by atoms with E-state index in [-0.39, 0.29) is 24.8 Å². The first kappa shape index (κ1) is 32.9. The summed E-state index contributed by atoms with van der Waals surface area (Å²) in [6, 6.07) is 10.6. The molecule has 0 unspecified atom stereocenters. The molecule has 2 aromatic carbocycles. The SMILES string of the molecule is Cc1cc(C(N)=O)cc(C)c1OCC(=O)N[C@@H](Cc1ccccc1)[C@H](O)C(=O)N1CSC(C)(C)[C@H]1C(=O)NC(C)(C)C. The van der Waals surface area contributed by atoms with Crippen molar-refractivity contribution in [3.05, 3.63) is 64.7 Å². The summed E-state index contributed by atoms with van der Waals surface area (Å²) in [6.07, 6.45) is -1.44. The molecular formula is C31H42N4O6S. The van der Waals surface area contributed by atoms with Gasteiger partial charge < -0.3 is 31.1 Å². The van der Waals surface area contributed by atoms with E-state index in [1.807, 2.05) is 65.0 Å². The molecule has 0 aromatic heterocycles. The third-order valence-corrected chi connectivity index (χ3v) is 8.32. The molecule has 0 radical (unpaired) electrons. The Morgan fingerprint density at radius 1 is 1.12 bits per heavy atom. The first-order chi connectivity index (χ1) is 19.5. The Kier molecular flexibility index (Phi) is 10.3. The van der Waals surface area contributed by atoms with Crippen LogP contribution in [0.3, 0.4) is 0 Å². The van der Waals surface area contributed by atoms with Crippen molar-refractivity contribution in [2.75, 3.05) is 12.5 Å². The molecule has 3 atom stereocenters. The molecule has 11 heteroatoms. The van der Waals surface area contributed by atoms with Crippen LogP contribution >= 0.6 is 11.8 Å². The van der Waals surface area contributed by atoms with Crippen molar-refractivity contribution >= 4 is 35.4 Å². The average molecular weight is 599 g/mol. The van der Waals surface area contributed by atoms with E-state index in [1.165, 1.54) is 16.7 Å². The van der Waals surface area contributed by atoms with Gasteiger partial charge in [-0.25, -0.2) is 0 Å². The van der Waals surface area contributed by atoms with Crippen LogP contribution in [0.15, 0.2) is 42.5 Å². The van der Waals surface area contributed by atoms with Gasteiger partial charge in [0.15, 0.2) is 12.7 Å². The monoisotopic (exact) mass is 598 g/mol. The molecule has 0 bridgehead atoms. The number of nitrogens with two attached hydrogens (primary N) is 1. The summed E-state index contributed by atoms with van der Waals surface area (Å²) >= 11 is 1.45. The van der Waals surface area contributed by atoms with Gasteiger partial charge in [0.1, 0.15) is 11.8 Å². The largest absolute Gasteiger partial charge is 0.483 e. The van der Waals surface area contributed by atoms with E-state index in [0.717, 1.165) is 5.56 Å². The standard InChI is InChI=1S/C31H42N4O6S/c1-18-13-21(27(32)38)14-19(2)25(18)41-16-23(36)33-22(15-20-11-9-8-10-12-20)24(37)29(40)35-17-42-31(6,7)26(35)28(39)34-30(3,4)5/h8-14,22,24,26,37H,15-17H2,1-7H3,(H2,32,38)(H,33,36)(H,34,39)/t22-,24-,26+/m0/s1. The molecule has 1 heterocycles. The lowest BCUT2D eigenvalue weighted by Gasteiger charge is -2.35. The molecule has 4 amide bonds. The molecule has 1 aliphatic heterocycles. The number of ether oxygens (including phenoxy) is 1. The van der Waals surface area contributed by atoms with Gasteiger partial charge in [-0.15, -0.1) is 11.8 Å². The highest BCUT2D eigenvalue weighted by Crippen LogP contribution is 2.40. The zero-order valence-corrected chi connectivity index (χ0v) is 26.1. The molecule has 1 aliphatic rings. The topological polar surface area (TPSA) is 151 Å². The van der Waals surface area contributed by atoms with Crippen LogP contribution in [-0.2, 0) is 20.8 Å². The maximum atomic E-state index is 13.7. The van der Waals surface area contributed by atoms with Crippen molar-refractivity contribution in [1.29, 1.82) is 0 Å². The lowest BCUT2D eigenvalue weighted by Crippen LogP contribution is -2.60. The molecule has 1 fully saturated rings. The van der Waals surface area contributed by atoms with Crippen LogP contribution in [0.4, 0.5) is 0 Å². The Morgan fingerprint density at radius 2 is 1.71 bits per heavy atom. The van der Waals surface area contributed by atoms with Crippen LogP contribution in [0.25, 0.3) is 0 Å². The first-order valence-corrected chi connectivity index (χ1v) is 14.8. The van der Waals surface area contributed by atoms with Crippen LogP contribution in [0, 0.1) is 13.8 Å². The fourth-order valence-corrected chi connectivity index (χ4v) is 6.15. The van der Waals surface area contributed by atoms with Gasteiger partial charge in [-0.05, 0) is 83.7 Å². The molecule has 0 saturated carbocycles. The molecule has 2 aromatic rings. The number of thioether (sulfide) groups is 1. The second kappa shape index (κ2) is 13.2. The second-order valence-electron chi connectivity index (χ2n) is 12.2. The Bertz CT molecular complexity index is 1300. The van der Waals surface area contributed by atoms with Crippen LogP contribution in [-0.4, -0.2) is 74.6 Å². The van der Waals surface area contributed by atoms with Gasteiger partial charge in [0, 0.05) is 15.8 Å². The van der Waals surface area contributed by atoms with Crippen molar-refractivity contribution < 1.29 is 29.0 Å². The van der Waals surface area contributed by atoms with Crippen molar-refractivity contribution in [3.8, 4) is 5.75 Å². The predicted molar refractivity (Wildman–Crippen MR) is 163 cm³/mol. The van der Waals surface area contributed by atoms with Crippen molar-refractivity contribution in [1.82, 2.24) is 15.5 Å². The Hall–Kier alpha value is -3.57. The maximum Gasteiger partial charge on any atom is 0.258 e. The van der Waals surface area contributed by atoms with Crippen LogP contribution in [0.1, 0.15) is 61.7 Å². The van der Waals surface area contributed by atoms with Gasteiger partial charge >= 0.3 is 0 Å². The fourth-order valence-electron chi connectivity index (χ4n) is 5.01. The molecule has 0 spiro atoms. The zero-order valence-electron chi connectivity index (χ0n) is 25.3. The Morgan fingerprint density at radius 3 is 2.26 bits per heavy atom. The number of nitrogens with one attached hydrogen (secondary N) is 2. The van der Waals surface area contributed by atoms with Crippen LogP contribution in [0.2, 0.25) is 0 Å². The Labute approximate surface area is 251 Å². The quantitative estimate of drug-likeness (QED) is 0.328. The minimum absolute atomic E-state index is 0.175. The van der Waals surface area contributed by atoms with Crippen molar-refractivity contribution in [3.63, 3.8) is 0 Å². The fraction of sp³-hybridized carbons (Fsp3) is 0.484. The lowest BCUT2D eigenvalue weighted by molar-refractivity contribution is -0.148. The number of benzene rings is 2. The molecule has 228 valence electrons. The van der Waals surface area contributed by atoms with Crippen LogP contribution < -0.4 is 21.1 Å².